The van der Waals surface area contributed by atoms with E-state index in [4.69, 9.17) is 0 Å². The minimum absolute atomic E-state index is 0. The second-order valence-corrected chi connectivity index (χ2v) is 5.23. The summed E-state index contributed by atoms with van der Waals surface area (Å²) in [5.41, 5.74) is 0.0440. The zero-order chi connectivity index (χ0) is 9.99. The van der Waals surface area contributed by atoms with Gasteiger partial charge in [-0.05, 0) is 0 Å². The molecule has 0 heterocycles. The van der Waals surface area contributed by atoms with Crippen LogP contribution in [-0.4, -0.2) is 17.2 Å². The molecule has 82 valence electrons. The summed E-state index contributed by atoms with van der Waals surface area (Å²) in [5, 5.41) is 9.06. The Kier molecular flexibility index (Phi) is 6.51. The molecule has 0 N–H and O–H groups in total. The Morgan fingerprint density at radius 2 is 1.00 bits per heavy atom. The van der Waals surface area contributed by atoms with E-state index in [0.717, 1.165) is 0 Å². The van der Waals surface area contributed by atoms with E-state index in [1.54, 1.807) is 0 Å². The maximum atomic E-state index is 4.53. The van der Waals surface area contributed by atoms with Gasteiger partial charge in [-0.1, -0.05) is 41.5 Å². The van der Waals surface area contributed by atoms with E-state index in [1.807, 2.05) is 6.92 Å². The van der Waals surface area contributed by atoms with Crippen LogP contribution in [0.25, 0.3) is 10.6 Å². The van der Waals surface area contributed by atoms with Crippen LogP contribution in [0.15, 0.2) is 0 Å². The fourth-order valence-corrected chi connectivity index (χ4v) is 1.15. The minimum Gasteiger partial charge on any atom is -0.673 e. The average Bonchev–Trinajstić information content (AvgIpc) is 1.49. The summed E-state index contributed by atoms with van der Waals surface area (Å²) in [5.74, 6) is 0. The molecule has 0 fully saturated rings. The van der Waals surface area contributed by atoms with Crippen molar-refractivity contribution in [2.45, 2.75) is 65.7 Å². The third-order valence-electron chi connectivity index (χ3n) is 1.15. The molecule has 0 saturated heterocycles. The Morgan fingerprint density at radius 1 is 0.769 bits per heavy atom. The average molecular weight is 229 g/mol. The van der Waals surface area contributed by atoms with Gasteiger partial charge in [0.1, 0.15) is 0 Å². The number of rotatable bonds is 2. The van der Waals surface area contributed by atoms with E-state index in [0.29, 0.717) is 0 Å². The molecule has 0 aliphatic heterocycles. The second-order valence-electron chi connectivity index (χ2n) is 5.23. The fourth-order valence-electron chi connectivity index (χ4n) is 1.15. The van der Waals surface area contributed by atoms with Gasteiger partial charge in [0.2, 0.25) is 0 Å². The summed E-state index contributed by atoms with van der Waals surface area (Å²) in [6.45, 7) is 14.6. The molecule has 0 rings (SSSR count). The molecule has 13 heavy (non-hydrogen) atoms. The quantitative estimate of drug-likeness (QED) is 0.646. The summed E-state index contributed by atoms with van der Waals surface area (Å²) in [7, 11) is 0. The molecule has 0 amide bonds. The maximum absolute atomic E-state index is 4.53. The van der Waals surface area contributed by atoms with Gasteiger partial charge in [-0.25, -0.2) is 6.17 Å². The first kappa shape index (κ1) is 15.9. The Morgan fingerprint density at radius 3 is 1.15 bits per heavy atom. The van der Waals surface area contributed by atoms with E-state index in [9.17, 15) is 0 Å². The molecule has 0 aromatic heterocycles. The Balaban J connectivity index is 0. The van der Waals surface area contributed by atoms with Gasteiger partial charge in [-0.3, -0.25) is 0 Å². The van der Waals surface area contributed by atoms with Gasteiger partial charge in [0, 0.05) is 0 Å². The Bertz CT molecular complexity index is 117. The summed E-state index contributed by atoms with van der Waals surface area (Å²) >= 11 is 0. The number of nitrogens with zero attached hydrogens (tertiary/aromatic N) is 2. The molecular weight excluding hydrogens is 207 g/mol. The summed E-state index contributed by atoms with van der Waals surface area (Å²) < 4.78 is 0. The van der Waals surface area contributed by atoms with Gasteiger partial charge in [0.05, 0.1) is 0 Å². The zero-order valence-corrected chi connectivity index (χ0v) is 10.8. The third-order valence-corrected chi connectivity index (χ3v) is 1.15. The van der Waals surface area contributed by atoms with Crippen LogP contribution in [0.3, 0.4) is 0 Å². The molecule has 0 aromatic rings. The second kappa shape index (κ2) is 5.33. The van der Waals surface area contributed by atoms with Crippen molar-refractivity contribution in [2.75, 3.05) is 0 Å². The first-order valence-corrected chi connectivity index (χ1v) is 4.54. The van der Waals surface area contributed by atoms with E-state index < -0.39 is 0 Å². The number of hydrogen-bond acceptors (Lipinski definition) is 0. The monoisotopic (exact) mass is 228 g/mol. The molecule has 0 saturated carbocycles. The smallest absolute Gasteiger partial charge is 0.673 e. The third kappa shape index (κ3) is 12.4. The van der Waals surface area contributed by atoms with Gasteiger partial charge >= 0.3 is 16.5 Å². The molecule has 2 nitrogen and oxygen atoms in total. The predicted molar refractivity (Wildman–Crippen MR) is 55.7 cm³/mol. The van der Waals surface area contributed by atoms with Crippen LogP contribution >= 0.6 is 0 Å². The SMILES string of the molecule is CC([N-]C(C)(C)C)[N-]C(C)(C)C.[Ni+2]. The van der Waals surface area contributed by atoms with Crippen LogP contribution in [0.2, 0.25) is 0 Å². The standard InChI is InChI=1S/C10H22N2.Ni/c1-8(11-9(2,3)4)12-10(5,6)7;/h8H,1-7H3;/q-2;+2. The zero-order valence-electron chi connectivity index (χ0n) is 9.79. The van der Waals surface area contributed by atoms with Crippen molar-refractivity contribution in [3.8, 4) is 0 Å². The van der Waals surface area contributed by atoms with Gasteiger partial charge in [0.25, 0.3) is 0 Å². The van der Waals surface area contributed by atoms with Crippen molar-refractivity contribution < 1.29 is 16.5 Å². The van der Waals surface area contributed by atoms with Gasteiger partial charge in [-0.2, -0.15) is 0 Å². The van der Waals surface area contributed by atoms with Crippen molar-refractivity contribution in [1.29, 1.82) is 0 Å². The molecule has 0 aliphatic rings. The van der Waals surface area contributed by atoms with Crippen LogP contribution in [0.5, 0.6) is 0 Å². The summed E-state index contributed by atoms with van der Waals surface area (Å²) in [6.07, 6.45) is 0.102. The van der Waals surface area contributed by atoms with Crippen molar-refractivity contribution in [3.63, 3.8) is 0 Å². The molecular formula is C10H22N2Ni. The van der Waals surface area contributed by atoms with Crippen LogP contribution in [0.1, 0.15) is 48.5 Å². The first-order chi connectivity index (χ1) is 5.10. The molecule has 0 aromatic carbocycles. The topological polar surface area (TPSA) is 28.2 Å². The summed E-state index contributed by atoms with van der Waals surface area (Å²) in [4.78, 5) is 0. The van der Waals surface area contributed by atoms with E-state index >= 15 is 0 Å². The van der Waals surface area contributed by atoms with Crippen molar-refractivity contribution in [3.05, 3.63) is 10.6 Å². The largest absolute Gasteiger partial charge is 2.00 e. The van der Waals surface area contributed by atoms with Crippen molar-refractivity contribution in [1.82, 2.24) is 0 Å². The van der Waals surface area contributed by atoms with E-state index in [1.165, 1.54) is 0 Å². The minimum atomic E-state index is 0. The van der Waals surface area contributed by atoms with Crippen LogP contribution in [-0.2, 0) is 16.5 Å². The van der Waals surface area contributed by atoms with Gasteiger partial charge < -0.3 is 10.6 Å². The maximum Gasteiger partial charge on any atom is 2.00 e. The summed E-state index contributed by atoms with van der Waals surface area (Å²) in [6, 6.07) is 0. The van der Waals surface area contributed by atoms with Crippen LogP contribution in [0, 0.1) is 0 Å². The molecule has 0 aliphatic carbocycles. The predicted octanol–water partition coefficient (Wildman–Crippen LogP) is 3.67. The number of hydrogen-bond donors (Lipinski definition) is 0. The molecule has 0 atom stereocenters. The van der Waals surface area contributed by atoms with Crippen LogP contribution < -0.4 is 0 Å². The van der Waals surface area contributed by atoms with Crippen molar-refractivity contribution in [2.24, 2.45) is 0 Å². The molecule has 3 heteroatoms. The Hall–Kier alpha value is 0.414. The Labute approximate surface area is 93.2 Å². The van der Waals surface area contributed by atoms with Crippen molar-refractivity contribution >= 4 is 0 Å². The van der Waals surface area contributed by atoms with Crippen LogP contribution in [0.4, 0.5) is 0 Å². The van der Waals surface area contributed by atoms with Gasteiger partial charge in [-0.15, -0.1) is 18.0 Å². The van der Waals surface area contributed by atoms with E-state index in [2.05, 4.69) is 52.2 Å². The molecule has 0 radical (unpaired) electrons. The molecule has 0 spiro atoms. The van der Waals surface area contributed by atoms with Gasteiger partial charge in [0.15, 0.2) is 0 Å². The molecule has 0 unspecified atom stereocenters. The molecule has 0 bridgehead atoms. The fraction of sp³-hybridized carbons (Fsp3) is 1.00. The first-order valence-electron chi connectivity index (χ1n) is 4.54. The van der Waals surface area contributed by atoms with E-state index in [-0.39, 0.29) is 33.7 Å². The normalized spacial score (nSPS) is 12.9.